The van der Waals surface area contributed by atoms with Crippen molar-refractivity contribution in [3.8, 4) is 5.88 Å². The van der Waals surface area contributed by atoms with E-state index in [-0.39, 0.29) is 23.8 Å². The van der Waals surface area contributed by atoms with E-state index < -0.39 is 31.4 Å². The number of nitrogens with one attached hydrogen (secondary N) is 3. The highest BCUT2D eigenvalue weighted by atomic mass is 19.3. The highest BCUT2D eigenvalue weighted by molar-refractivity contribution is 5.69. The number of amides is 1. The lowest BCUT2D eigenvalue weighted by Crippen LogP contribution is -2.68. The van der Waals surface area contributed by atoms with Crippen LogP contribution in [0.5, 0.6) is 5.88 Å². The monoisotopic (exact) mass is 491 g/mol. The van der Waals surface area contributed by atoms with Crippen LogP contribution >= 0.6 is 0 Å². The molecule has 35 heavy (non-hydrogen) atoms. The van der Waals surface area contributed by atoms with Crippen molar-refractivity contribution in [2.24, 2.45) is 5.92 Å². The fourth-order valence-corrected chi connectivity index (χ4v) is 5.27. The number of H-pyrrole nitrogens is 1. The maximum absolute atomic E-state index is 14.6. The number of alkyl halides is 3. The molecule has 0 aliphatic heterocycles. The fourth-order valence-electron chi connectivity index (χ4n) is 5.27. The number of alkyl carbamates (subject to hydrolysis) is 1. The molecule has 3 aromatic heterocycles. The van der Waals surface area contributed by atoms with E-state index in [1.165, 1.54) is 12.4 Å². The van der Waals surface area contributed by atoms with Crippen LogP contribution in [0, 0.1) is 5.92 Å². The third-order valence-corrected chi connectivity index (χ3v) is 7.09. The molecule has 3 atom stereocenters. The Balaban J connectivity index is 1.09. The smallest absolute Gasteiger partial charge is 0.407 e. The van der Waals surface area contributed by atoms with Gasteiger partial charge in [0.15, 0.2) is 12.4 Å². The van der Waals surface area contributed by atoms with Crippen molar-refractivity contribution in [3.05, 3.63) is 30.2 Å². The van der Waals surface area contributed by atoms with Crippen LogP contribution in [0.3, 0.4) is 0 Å². The normalized spacial score (nSPS) is 29.0. The van der Waals surface area contributed by atoms with Crippen LogP contribution in [0.1, 0.15) is 43.7 Å². The Morgan fingerprint density at radius 3 is 2.89 bits per heavy atom. The predicted octanol–water partition coefficient (Wildman–Crippen LogP) is 3.70. The number of hydrogen-bond acceptors (Lipinski definition) is 7. The second kappa shape index (κ2) is 8.31. The number of rotatable bonds is 8. The van der Waals surface area contributed by atoms with Crippen molar-refractivity contribution < 1.29 is 27.4 Å². The quantitative estimate of drug-likeness (QED) is 0.440. The molecule has 3 N–H and O–H groups in total. The number of anilines is 2. The lowest BCUT2D eigenvalue weighted by atomic mass is 9.50. The number of carbonyl (C=O) groups is 1. The maximum atomic E-state index is 14.6. The molecule has 0 saturated heterocycles. The summed E-state index contributed by atoms with van der Waals surface area (Å²) in [5.74, 6) is 1.37. The molecule has 186 valence electrons. The van der Waals surface area contributed by atoms with Crippen LogP contribution in [-0.2, 0) is 4.74 Å². The summed E-state index contributed by atoms with van der Waals surface area (Å²) in [6.07, 6.45) is 1.29. The summed E-state index contributed by atoms with van der Waals surface area (Å²) in [4.78, 5) is 20.6. The van der Waals surface area contributed by atoms with Gasteiger partial charge < -0.3 is 20.1 Å². The third kappa shape index (κ3) is 4.23. The van der Waals surface area contributed by atoms with Crippen LogP contribution < -0.4 is 15.4 Å². The molecular weight excluding hydrogens is 467 g/mol. The molecule has 0 spiro atoms. The lowest BCUT2D eigenvalue weighted by molar-refractivity contribution is -0.0530. The molecule has 2 bridgehead atoms. The van der Waals surface area contributed by atoms with Crippen LogP contribution in [-0.4, -0.2) is 61.5 Å². The van der Waals surface area contributed by atoms with Gasteiger partial charge in [-0.25, -0.2) is 22.9 Å². The zero-order valence-electron chi connectivity index (χ0n) is 18.6. The topological polar surface area (TPSA) is 118 Å². The minimum atomic E-state index is -2.61. The van der Waals surface area contributed by atoms with E-state index in [2.05, 4.69) is 30.8 Å². The summed E-state index contributed by atoms with van der Waals surface area (Å²) >= 11 is 0. The number of halogens is 3. The average molecular weight is 491 g/mol. The van der Waals surface area contributed by atoms with E-state index in [1.807, 2.05) is 0 Å². The van der Waals surface area contributed by atoms with Crippen LogP contribution in [0.25, 0.3) is 5.65 Å². The van der Waals surface area contributed by atoms with Crippen LogP contribution in [0.4, 0.5) is 29.7 Å². The predicted molar refractivity (Wildman–Crippen MR) is 117 cm³/mol. The molecule has 0 radical (unpaired) electrons. The molecule has 4 aliphatic rings. The van der Waals surface area contributed by atoms with E-state index in [0.717, 1.165) is 25.2 Å². The second-order valence-electron chi connectivity index (χ2n) is 9.62. The van der Waals surface area contributed by atoms with Crippen LogP contribution in [0.15, 0.2) is 24.5 Å². The number of carbonyl (C=O) groups excluding carboxylic acids is 1. The molecule has 13 heteroatoms. The number of nitrogens with zero attached hydrogens (tertiary/aromatic N) is 4. The van der Waals surface area contributed by atoms with Crippen molar-refractivity contribution in [2.45, 2.75) is 62.3 Å². The maximum Gasteiger partial charge on any atom is 0.407 e. The number of aromatic nitrogens is 5. The minimum absolute atomic E-state index is 0.0492. The number of fused-ring (bicyclic) bond motifs is 1. The highest BCUT2D eigenvalue weighted by Gasteiger charge is 2.58. The molecule has 3 aromatic rings. The Morgan fingerprint density at radius 1 is 1.31 bits per heavy atom. The van der Waals surface area contributed by atoms with Gasteiger partial charge in [0.25, 0.3) is 6.43 Å². The zero-order chi connectivity index (χ0) is 24.2. The first-order valence-corrected chi connectivity index (χ1v) is 11.6. The fraction of sp³-hybridized carbons (Fsp3) is 0.545. The van der Waals surface area contributed by atoms with E-state index >= 15 is 0 Å². The first kappa shape index (κ1) is 22.0. The van der Waals surface area contributed by atoms with Gasteiger partial charge >= 0.3 is 6.09 Å². The van der Waals surface area contributed by atoms with Gasteiger partial charge in [0.05, 0.1) is 6.20 Å². The minimum Gasteiger partial charge on any atom is -0.470 e. The summed E-state index contributed by atoms with van der Waals surface area (Å²) in [6.45, 7) is -0.756. The Morgan fingerprint density at radius 2 is 2.14 bits per heavy atom. The average Bonchev–Trinajstić information content (AvgIpc) is 3.48. The summed E-state index contributed by atoms with van der Waals surface area (Å²) < 4.78 is 51.4. The molecule has 7 rings (SSSR count). The van der Waals surface area contributed by atoms with Gasteiger partial charge in [0.1, 0.15) is 17.9 Å². The van der Waals surface area contributed by atoms with Crippen molar-refractivity contribution in [3.63, 3.8) is 0 Å². The Hall–Kier alpha value is -3.51. The largest absolute Gasteiger partial charge is 0.470 e. The van der Waals surface area contributed by atoms with E-state index in [0.29, 0.717) is 29.5 Å². The van der Waals surface area contributed by atoms with Gasteiger partial charge in [0.2, 0.25) is 11.8 Å². The Kier molecular flexibility index (Phi) is 5.22. The van der Waals surface area contributed by atoms with Gasteiger partial charge in [-0.2, -0.15) is 10.1 Å². The number of hydrogen-bond donors (Lipinski definition) is 3. The Labute approximate surface area is 197 Å². The molecule has 0 unspecified atom stereocenters. The first-order chi connectivity index (χ1) is 16.9. The standard InChI is InChI=1S/C22H24F3N7O3/c23-13-3-12(4-15(13)35-21(33)29-22-6-11(7-22)8-22)14-5-17(31-30-14)27-20-26-2-1-18-28-19(9-32(18)20)34-10-16(24)25/h1-2,5,9,11-13,15-16H,3-4,6-8,10H2,(H,29,33)(H2,26,27,30,31)/t11?,12-,13+,15-,22?/m0/s1. The highest BCUT2D eigenvalue weighted by Crippen LogP contribution is 2.57. The number of ether oxygens (including phenoxy) is 2. The number of aromatic amines is 1. The lowest BCUT2D eigenvalue weighted by Gasteiger charge is -2.61. The molecule has 4 fully saturated rings. The van der Waals surface area contributed by atoms with Crippen molar-refractivity contribution >= 4 is 23.5 Å². The molecule has 3 heterocycles. The van der Waals surface area contributed by atoms with Crippen molar-refractivity contribution in [1.82, 2.24) is 29.9 Å². The molecule has 1 amide bonds. The second-order valence-corrected chi connectivity index (χ2v) is 9.62. The zero-order valence-corrected chi connectivity index (χ0v) is 18.6. The Bertz CT molecular complexity index is 1230. The molecule has 4 aliphatic carbocycles. The summed E-state index contributed by atoms with van der Waals surface area (Å²) in [6, 6.07) is 3.35. The summed E-state index contributed by atoms with van der Waals surface area (Å²) in [5.41, 5.74) is 1.05. The SMILES string of the molecule is O=C(NC12CC(C1)C2)O[C@H]1C[C@@H](c2cc(Nc3nccc4nc(OCC(F)F)cn34)n[nH]2)C[C@H]1F. The van der Waals surface area contributed by atoms with Gasteiger partial charge in [-0.1, -0.05) is 0 Å². The van der Waals surface area contributed by atoms with Gasteiger partial charge in [-0.3, -0.25) is 9.50 Å². The summed E-state index contributed by atoms with van der Waals surface area (Å²) in [5, 5.41) is 13.1. The van der Waals surface area contributed by atoms with Gasteiger partial charge in [-0.15, -0.1) is 0 Å². The van der Waals surface area contributed by atoms with Crippen molar-refractivity contribution in [1.29, 1.82) is 0 Å². The molecule has 0 aromatic carbocycles. The number of imidazole rings is 1. The van der Waals surface area contributed by atoms with E-state index in [9.17, 15) is 18.0 Å². The van der Waals surface area contributed by atoms with E-state index in [4.69, 9.17) is 9.47 Å². The summed E-state index contributed by atoms with van der Waals surface area (Å²) in [7, 11) is 0. The first-order valence-electron chi connectivity index (χ1n) is 11.6. The molecule has 4 saturated carbocycles. The third-order valence-electron chi connectivity index (χ3n) is 7.09. The van der Waals surface area contributed by atoms with Crippen LogP contribution in [0.2, 0.25) is 0 Å². The van der Waals surface area contributed by atoms with Gasteiger partial charge in [0, 0.05) is 29.4 Å². The molecular formula is C22H24F3N7O3. The van der Waals surface area contributed by atoms with Gasteiger partial charge in [-0.05, 0) is 44.1 Å². The van der Waals surface area contributed by atoms with E-state index in [1.54, 1.807) is 16.5 Å². The molecule has 10 nitrogen and oxygen atoms in total. The van der Waals surface area contributed by atoms with Crippen molar-refractivity contribution in [2.75, 3.05) is 11.9 Å².